The Labute approximate surface area is 210 Å². The summed E-state index contributed by atoms with van der Waals surface area (Å²) in [5.41, 5.74) is 4.77. The van der Waals surface area contributed by atoms with Crippen molar-refractivity contribution in [2.45, 2.75) is 20.8 Å². The molecule has 36 heavy (non-hydrogen) atoms. The third kappa shape index (κ3) is 7.81. The largest absolute Gasteiger partial charge is 0.459 e. The van der Waals surface area contributed by atoms with Gasteiger partial charge in [0.25, 0.3) is 0 Å². The summed E-state index contributed by atoms with van der Waals surface area (Å²) >= 11 is 0. The van der Waals surface area contributed by atoms with Crippen molar-refractivity contribution in [1.29, 1.82) is 0 Å². The predicted molar refractivity (Wildman–Crippen MR) is 138 cm³/mol. The molecule has 0 N–H and O–H groups in total. The van der Waals surface area contributed by atoms with E-state index in [0.717, 1.165) is 22.3 Å². The van der Waals surface area contributed by atoms with Crippen LogP contribution >= 0.6 is 0 Å². The van der Waals surface area contributed by atoms with Crippen LogP contribution in [-0.2, 0) is 19.1 Å². The molecule has 3 rings (SSSR count). The number of benzene rings is 3. The number of ether oxygens (including phenoxy) is 3. The summed E-state index contributed by atoms with van der Waals surface area (Å²) in [5.74, 6) is -1.24. The number of rotatable bonds is 9. The average molecular weight is 485 g/mol. The minimum absolute atomic E-state index is 0.0355. The van der Waals surface area contributed by atoms with Crippen molar-refractivity contribution in [3.8, 4) is 16.9 Å². The summed E-state index contributed by atoms with van der Waals surface area (Å²) in [6.07, 6.45) is 3.02. The highest BCUT2D eigenvalue weighted by Crippen LogP contribution is 2.20. The zero-order valence-electron chi connectivity index (χ0n) is 20.5. The lowest BCUT2D eigenvalue weighted by Crippen LogP contribution is -2.15. The molecule has 184 valence electrons. The lowest BCUT2D eigenvalue weighted by Gasteiger charge is -2.08. The maximum absolute atomic E-state index is 12.2. The van der Waals surface area contributed by atoms with Gasteiger partial charge in [0.05, 0.1) is 5.56 Å². The van der Waals surface area contributed by atoms with Crippen molar-refractivity contribution in [3.05, 3.63) is 107 Å². The molecule has 3 aromatic carbocycles. The Bertz CT molecular complexity index is 1250. The van der Waals surface area contributed by atoms with Gasteiger partial charge in [0, 0.05) is 11.6 Å². The van der Waals surface area contributed by atoms with Gasteiger partial charge in [0.2, 0.25) is 0 Å². The number of hydrogen-bond donors (Lipinski definition) is 0. The molecule has 0 aromatic heterocycles. The van der Waals surface area contributed by atoms with E-state index in [0.29, 0.717) is 11.3 Å². The molecule has 0 atom stereocenters. The van der Waals surface area contributed by atoms with Gasteiger partial charge in [-0.1, -0.05) is 60.2 Å². The topological polar surface area (TPSA) is 78.9 Å². The van der Waals surface area contributed by atoms with E-state index in [1.54, 1.807) is 13.0 Å². The first kappa shape index (κ1) is 26.2. The highest BCUT2D eigenvalue weighted by molar-refractivity contribution is 5.91. The van der Waals surface area contributed by atoms with E-state index in [1.807, 2.05) is 68.4 Å². The molecule has 3 aromatic rings. The van der Waals surface area contributed by atoms with Gasteiger partial charge in [0.1, 0.15) is 19.0 Å². The lowest BCUT2D eigenvalue weighted by molar-refractivity contribution is -0.140. The minimum Gasteiger partial charge on any atom is -0.459 e. The van der Waals surface area contributed by atoms with Crippen LogP contribution in [0.4, 0.5) is 0 Å². The van der Waals surface area contributed by atoms with Crippen LogP contribution in [0.3, 0.4) is 0 Å². The first-order valence-corrected chi connectivity index (χ1v) is 11.5. The Balaban J connectivity index is 1.45. The summed E-state index contributed by atoms with van der Waals surface area (Å²) in [6, 6.07) is 23.9. The summed E-state index contributed by atoms with van der Waals surface area (Å²) in [6.45, 7) is 5.22. The molecule has 6 heteroatoms. The molecule has 0 radical (unpaired) electrons. The van der Waals surface area contributed by atoms with Crippen LogP contribution in [0, 0.1) is 0 Å². The molecule has 0 saturated heterocycles. The Morgan fingerprint density at radius 2 is 1.33 bits per heavy atom. The smallest absolute Gasteiger partial charge is 0.338 e. The third-order valence-corrected chi connectivity index (χ3v) is 5.34. The molecule has 0 aliphatic rings. The molecule has 0 bridgehead atoms. The Hall–Kier alpha value is -4.45. The molecule has 6 nitrogen and oxygen atoms in total. The number of esters is 3. The fraction of sp³-hybridized carbons (Fsp3) is 0.167. The van der Waals surface area contributed by atoms with E-state index in [2.05, 4.69) is 0 Å². The van der Waals surface area contributed by atoms with Gasteiger partial charge in [-0.15, -0.1) is 0 Å². The molecule has 0 aliphatic carbocycles. The van der Waals surface area contributed by atoms with Gasteiger partial charge < -0.3 is 14.2 Å². The van der Waals surface area contributed by atoms with Crippen LogP contribution in [0.25, 0.3) is 17.2 Å². The van der Waals surface area contributed by atoms with Gasteiger partial charge in [-0.2, -0.15) is 0 Å². The highest BCUT2D eigenvalue weighted by atomic mass is 16.6. The van der Waals surface area contributed by atoms with E-state index < -0.39 is 17.9 Å². The zero-order valence-corrected chi connectivity index (χ0v) is 20.5. The zero-order chi connectivity index (χ0) is 25.9. The first-order valence-electron chi connectivity index (χ1n) is 11.5. The molecule has 0 fully saturated rings. The maximum atomic E-state index is 12.2. The van der Waals surface area contributed by atoms with Crippen molar-refractivity contribution in [3.63, 3.8) is 0 Å². The van der Waals surface area contributed by atoms with Crippen LogP contribution in [0.2, 0.25) is 0 Å². The molecule has 0 heterocycles. The fourth-order valence-corrected chi connectivity index (χ4v) is 3.06. The molecule has 0 spiro atoms. The van der Waals surface area contributed by atoms with Gasteiger partial charge in [-0.3, -0.25) is 0 Å². The molecule has 0 unspecified atom stereocenters. The van der Waals surface area contributed by atoms with E-state index in [-0.39, 0.29) is 18.8 Å². The maximum Gasteiger partial charge on any atom is 0.338 e. The highest BCUT2D eigenvalue weighted by Gasteiger charge is 2.10. The summed E-state index contributed by atoms with van der Waals surface area (Å²) < 4.78 is 15.5. The van der Waals surface area contributed by atoms with Crippen molar-refractivity contribution in [2.24, 2.45) is 0 Å². The van der Waals surface area contributed by atoms with Crippen LogP contribution in [0.5, 0.6) is 5.75 Å². The monoisotopic (exact) mass is 484 g/mol. The lowest BCUT2D eigenvalue weighted by atomic mass is 10.0. The molecule has 0 aliphatic heterocycles. The Morgan fingerprint density at radius 1 is 0.722 bits per heavy atom. The third-order valence-electron chi connectivity index (χ3n) is 5.34. The van der Waals surface area contributed by atoms with Gasteiger partial charge in [-0.05, 0) is 67.8 Å². The molecular weight excluding hydrogens is 456 g/mol. The van der Waals surface area contributed by atoms with Crippen molar-refractivity contribution in [1.82, 2.24) is 0 Å². The normalized spacial score (nSPS) is 10.5. The molecule has 0 saturated carbocycles. The molecule has 0 amide bonds. The second kappa shape index (κ2) is 12.9. The van der Waals surface area contributed by atoms with E-state index >= 15 is 0 Å². The predicted octanol–water partition coefficient (Wildman–Crippen LogP) is 6.03. The fourth-order valence-electron chi connectivity index (χ4n) is 3.06. The summed E-state index contributed by atoms with van der Waals surface area (Å²) in [4.78, 5) is 36.1. The summed E-state index contributed by atoms with van der Waals surface area (Å²) in [5, 5.41) is 0. The van der Waals surface area contributed by atoms with Crippen LogP contribution < -0.4 is 4.74 Å². The van der Waals surface area contributed by atoms with E-state index in [9.17, 15) is 14.4 Å². The van der Waals surface area contributed by atoms with Crippen molar-refractivity contribution >= 4 is 24.0 Å². The SMILES string of the molecule is CC(C)=C(C)C(=O)OCCOC(=O)c1ccc(OC(=O)/C=C/c2ccc(-c3ccccc3)cc2)cc1. The van der Waals surface area contributed by atoms with Gasteiger partial charge in [0.15, 0.2) is 0 Å². The number of carbonyl (C=O) groups is 3. The van der Waals surface area contributed by atoms with Crippen molar-refractivity contribution < 1.29 is 28.6 Å². The second-order valence-corrected chi connectivity index (χ2v) is 8.16. The van der Waals surface area contributed by atoms with Crippen LogP contribution in [0.15, 0.2) is 96.1 Å². The minimum atomic E-state index is -0.568. The van der Waals surface area contributed by atoms with Gasteiger partial charge >= 0.3 is 17.9 Å². The van der Waals surface area contributed by atoms with Crippen LogP contribution in [-0.4, -0.2) is 31.1 Å². The second-order valence-electron chi connectivity index (χ2n) is 8.16. The number of allylic oxidation sites excluding steroid dienone is 1. The Morgan fingerprint density at radius 3 is 1.97 bits per heavy atom. The van der Waals surface area contributed by atoms with Crippen molar-refractivity contribution in [2.75, 3.05) is 13.2 Å². The Kier molecular flexibility index (Phi) is 9.34. The van der Waals surface area contributed by atoms with E-state index in [4.69, 9.17) is 14.2 Å². The number of carbonyl (C=O) groups excluding carboxylic acids is 3. The first-order chi connectivity index (χ1) is 17.3. The summed E-state index contributed by atoms with van der Waals surface area (Å²) in [7, 11) is 0. The van der Waals surface area contributed by atoms with E-state index in [1.165, 1.54) is 30.3 Å². The standard InChI is InChI=1S/C30H28O6/c1-21(2)22(3)29(32)34-19-20-35-30(33)26-14-16-27(17-15-26)36-28(31)18-11-23-9-12-25(13-10-23)24-7-5-4-6-8-24/h4-18H,19-20H2,1-3H3/b18-11+. The van der Waals surface area contributed by atoms with Gasteiger partial charge in [-0.25, -0.2) is 14.4 Å². The average Bonchev–Trinajstić information content (AvgIpc) is 2.90. The van der Waals surface area contributed by atoms with Crippen LogP contribution in [0.1, 0.15) is 36.7 Å². The number of hydrogen-bond acceptors (Lipinski definition) is 6. The molecular formula is C30H28O6. The quantitative estimate of drug-likeness (QED) is 0.160.